The number of methoxy groups -OCH3 is 1. The summed E-state index contributed by atoms with van der Waals surface area (Å²) in [5, 5.41) is 4.38. The minimum Gasteiger partial charge on any atom is -0.495 e. The molecular formula is C17H27ClN2O. The number of halogens is 1. The van der Waals surface area contributed by atoms with Crippen LogP contribution in [0.1, 0.15) is 32.3 Å². The van der Waals surface area contributed by atoms with Crippen molar-refractivity contribution < 1.29 is 4.74 Å². The molecule has 3 nitrogen and oxygen atoms in total. The van der Waals surface area contributed by atoms with E-state index >= 15 is 0 Å². The smallest absolute Gasteiger partial charge is 0.143 e. The van der Waals surface area contributed by atoms with E-state index in [1.54, 1.807) is 7.11 Å². The molecule has 0 aromatic heterocycles. The van der Waals surface area contributed by atoms with Gasteiger partial charge in [0.15, 0.2) is 0 Å². The van der Waals surface area contributed by atoms with Crippen LogP contribution >= 0.6 is 11.6 Å². The standard InChI is InChI=1S/C17H27ClN2O/c1-5-20-8-6-14(7-9-20)13(3)19-16-10-12(2)15(18)11-17(16)21-4/h10-11,13-14,19H,5-9H2,1-4H3. The molecule has 1 aliphatic rings. The summed E-state index contributed by atoms with van der Waals surface area (Å²) in [4.78, 5) is 2.52. The largest absolute Gasteiger partial charge is 0.495 e. The molecule has 0 bridgehead atoms. The Bertz CT molecular complexity index is 470. The molecule has 4 heteroatoms. The quantitative estimate of drug-likeness (QED) is 0.882. The first-order valence-electron chi connectivity index (χ1n) is 7.88. The van der Waals surface area contributed by atoms with Crippen molar-refractivity contribution in [2.45, 2.75) is 39.7 Å². The molecule has 1 fully saturated rings. The first-order chi connectivity index (χ1) is 10.0. The van der Waals surface area contributed by atoms with Crippen LogP contribution in [-0.2, 0) is 0 Å². The average molecular weight is 311 g/mol. The molecule has 118 valence electrons. The van der Waals surface area contributed by atoms with Gasteiger partial charge in [-0.2, -0.15) is 0 Å². The molecular weight excluding hydrogens is 284 g/mol. The predicted octanol–water partition coefficient (Wildman–Crippen LogP) is 4.19. The summed E-state index contributed by atoms with van der Waals surface area (Å²) in [5.74, 6) is 1.54. The van der Waals surface area contributed by atoms with Crippen LogP contribution in [0.3, 0.4) is 0 Å². The number of nitrogens with one attached hydrogen (secondary N) is 1. The van der Waals surface area contributed by atoms with Gasteiger partial charge in [0.05, 0.1) is 12.8 Å². The van der Waals surface area contributed by atoms with Gasteiger partial charge in [-0.15, -0.1) is 0 Å². The fourth-order valence-corrected chi connectivity index (χ4v) is 3.23. The first-order valence-corrected chi connectivity index (χ1v) is 8.26. The number of nitrogens with zero attached hydrogens (tertiary/aromatic N) is 1. The lowest BCUT2D eigenvalue weighted by molar-refractivity contribution is 0.183. The third-order valence-corrected chi connectivity index (χ3v) is 5.06. The number of rotatable bonds is 5. The highest BCUT2D eigenvalue weighted by molar-refractivity contribution is 6.31. The second-order valence-corrected chi connectivity index (χ2v) is 6.41. The lowest BCUT2D eigenvalue weighted by Crippen LogP contribution is -2.39. The van der Waals surface area contributed by atoms with Crippen molar-refractivity contribution in [2.24, 2.45) is 5.92 Å². The highest BCUT2D eigenvalue weighted by Gasteiger charge is 2.23. The fraction of sp³-hybridized carbons (Fsp3) is 0.647. The molecule has 1 saturated heterocycles. The zero-order valence-corrected chi connectivity index (χ0v) is 14.3. The Balaban J connectivity index is 2.02. The number of piperidine rings is 1. The van der Waals surface area contributed by atoms with E-state index in [4.69, 9.17) is 16.3 Å². The maximum Gasteiger partial charge on any atom is 0.143 e. The summed E-state index contributed by atoms with van der Waals surface area (Å²) in [6.45, 7) is 10.1. The van der Waals surface area contributed by atoms with Crippen LogP contribution in [0.15, 0.2) is 12.1 Å². The Labute approximate surface area is 133 Å². The zero-order valence-electron chi connectivity index (χ0n) is 13.6. The van der Waals surface area contributed by atoms with Crippen LogP contribution in [0.2, 0.25) is 5.02 Å². The molecule has 21 heavy (non-hydrogen) atoms. The minimum atomic E-state index is 0.443. The van der Waals surface area contributed by atoms with E-state index in [0.29, 0.717) is 12.0 Å². The number of ether oxygens (including phenoxy) is 1. The predicted molar refractivity (Wildman–Crippen MR) is 90.7 cm³/mol. The van der Waals surface area contributed by atoms with Gasteiger partial charge in [-0.1, -0.05) is 18.5 Å². The number of aryl methyl sites for hydroxylation is 1. The first kappa shape index (κ1) is 16.4. The third kappa shape index (κ3) is 4.04. The van der Waals surface area contributed by atoms with Crippen LogP contribution in [0, 0.1) is 12.8 Å². The van der Waals surface area contributed by atoms with Crippen molar-refractivity contribution in [1.82, 2.24) is 4.90 Å². The van der Waals surface area contributed by atoms with Gasteiger partial charge >= 0.3 is 0 Å². The molecule has 2 rings (SSSR count). The van der Waals surface area contributed by atoms with Gasteiger partial charge in [0, 0.05) is 17.1 Å². The molecule has 1 unspecified atom stereocenters. The summed E-state index contributed by atoms with van der Waals surface area (Å²) in [7, 11) is 1.69. The Morgan fingerprint density at radius 2 is 2.05 bits per heavy atom. The summed E-state index contributed by atoms with van der Waals surface area (Å²) in [6.07, 6.45) is 2.52. The van der Waals surface area contributed by atoms with Gasteiger partial charge in [-0.25, -0.2) is 0 Å². The van der Waals surface area contributed by atoms with Gasteiger partial charge in [0.1, 0.15) is 5.75 Å². The SMILES string of the molecule is CCN1CCC(C(C)Nc2cc(C)c(Cl)cc2OC)CC1. The van der Waals surface area contributed by atoms with E-state index in [0.717, 1.165) is 22.0 Å². The van der Waals surface area contributed by atoms with E-state index in [1.807, 2.05) is 13.0 Å². The lowest BCUT2D eigenvalue weighted by Gasteiger charge is -2.35. The van der Waals surface area contributed by atoms with Crippen molar-refractivity contribution in [2.75, 3.05) is 32.1 Å². The number of benzene rings is 1. The summed E-state index contributed by atoms with van der Waals surface area (Å²) >= 11 is 6.17. The highest BCUT2D eigenvalue weighted by atomic mass is 35.5. The molecule has 1 N–H and O–H groups in total. The minimum absolute atomic E-state index is 0.443. The Hall–Kier alpha value is -0.930. The second kappa shape index (κ2) is 7.37. The van der Waals surface area contributed by atoms with Gasteiger partial charge in [-0.3, -0.25) is 0 Å². The van der Waals surface area contributed by atoms with E-state index in [2.05, 4.69) is 30.1 Å². The van der Waals surface area contributed by atoms with E-state index in [1.165, 1.54) is 32.5 Å². The van der Waals surface area contributed by atoms with Crippen LogP contribution in [0.5, 0.6) is 5.75 Å². The number of likely N-dealkylation sites (tertiary alicyclic amines) is 1. The maximum atomic E-state index is 6.17. The van der Waals surface area contributed by atoms with Gasteiger partial charge in [0.2, 0.25) is 0 Å². The normalized spacial score (nSPS) is 18.5. The average Bonchev–Trinajstić information content (AvgIpc) is 2.50. The number of hydrogen-bond donors (Lipinski definition) is 1. The molecule has 0 amide bonds. The van der Waals surface area contributed by atoms with Gasteiger partial charge in [-0.05, 0) is 63.9 Å². The second-order valence-electron chi connectivity index (χ2n) is 6.01. The lowest BCUT2D eigenvalue weighted by atomic mass is 9.90. The van der Waals surface area contributed by atoms with E-state index in [-0.39, 0.29) is 0 Å². The molecule has 1 heterocycles. The fourth-order valence-electron chi connectivity index (χ4n) is 3.08. The topological polar surface area (TPSA) is 24.5 Å². The maximum absolute atomic E-state index is 6.17. The van der Waals surface area contributed by atoms with Crippen molar-refractivity contribution in [3.63, 3.8) is 0 Å². The Morgan fingerprint density at radius 1 is 1.38 bits per heavy atom. The van der Waals surface area contributed by atoms with E-state index in [9.17, 15) is 0 Å². The Morgan fingerprint density at radius 3 is 2.62 bits per heavy atom. The van der Waals surface area contributed by atoms with Crippen LogP contribution in [0.25, 0.3) is 0 Å². The van der Waals surface area contributed by atoms with Crippen LogP contribution < -0.4 is 10.1 Å². The molecule has 0 spiro atoms. The van der Waals surface area contributed by atoms with E-state index < -0.39 is 0 Å². The molecule has 0 radical (unpaired) electrons. The third-order valence-electron chi connectivity index (χ3n) is 4.65. The van der Waals surface area contributed by atoms with Crippen molar-refractivity contribution in [3.05, 3.63) is 22.7 Å². The monoisotopic (exact) mass is 310 g/mol. The van der Waals surface area contributed by atoms with Crippen LogP contribution in [0.4, 0.5) is 5.69 Å². The molecule has 0 aliphatic carbocycles. The van der Waals surface area contributed by atoms with Gasteiger partial charge < -0.3 is 15.0 Å². The molecule has 0 saturated carbocycles. The number of anilines is 1. The highest BCUT2D eigenvalue weighted by Crippen LogP contribution is 2.33. The Kier molecular flexibility index (Phi) is 5.77. The molecule has 1 atom stereocenters. The van der Waals surface area contributed by atoms with Crippen LogP contribution in [-0.4, -0.2) is 37.7 Å². The molecule has 1 aliphatic heterocycles. The zero-order chi connectivity index (χ0) is 15.4. The molecule has 1 aromatic rings. The number of hydrogen-bond acceptors (Lipinski definition) is 3. The van der Waals surface area contributed by atoms with Crippen molar-refractivity contribution >= 4 is 17.3 Å². The van der Waals surface area contributed by atoms with Crippen molar-refractivity contribution in [3.8, 4) is 5.75 Å². The summed E-state index contributed by atoms with van der Waals surface area (Å²) in [6, 6.07) is 4.42. The van der Waals surface area contributed by atoms with Crippen molar-refractivity contribution in [1.29, 1.82) is 0 Å². The summed E-state index contributed by atoms with van der Waals surface area (Å²) < 4.78 is 5.45. The molecule has 1 aromatic carbocycles. The summed E-state index contributed by atoms with van der Waals surface area (Å²) in [5.41, 5.74) is 2.12. The van der Waals surface area contributed by atoms with Gasteiger partial charge in [0.25, 0.3) is 0 Å².